The number of hydrogen-bond acceptors (Lipinski definition) is 6. The molecule has 0 atom stereocenters. The van der Waals surface area contributed by atoms with E-state index in [2.05, 4.69) is 10.0 Å². The van der Waals surface area contributed by atoms with Gasteiger partial charge in [0.2, 0.25) is 10.0 Å². The van der Waals surface area contributed by atoms with Crippen molar-refractivity contribution in [1.29, 1.82) is 0 Å². The molecule has 0 bridgehead atoms. The molecule has 162 valence electrons. The molecule has 0 heterocycles. The third kappa shape index (κ3) is 6.15. The topological polar surface area (TPSA) is 111 Å². The molecule has 0 saturated heterocycles. The molecule has 11 heteroatoms. The number of carbonyl (C=O) groups is 2. The first kappa shape index (κ1) is 23.6. The summed E-state index contributed by atoms with van der Waals surface area (Å²) in [6.07, 6.45) is 0. The summed E-state index contributed by atoms with van der Waals surface area (Å²) in [5.74, 6) is -2.19. The van der Waals surface area contributed by atoms with Crippen molar-refractivity contribution in [3.8, 4) is 5.75 Å². The largest absolute Gasteiger partial charge is 0.495 e. The van der Waals surface area contributed by atoms with Crippen molar-refractivity contribution in [2.24, 2.45) is 0 Å². The molecule has 30 heavy (non-hydrogen) atoms. The van der Waals surface area contributed by atoms with Gasteiger partial charge < -0.3 is 14.8 Å². The van der Waals surface area contributed by atoms with Crippen molar-refractivity contribution in [3.05, 3.63) is 52.8 Å². The minimum Gasteiger partial charge on any atom is -0.495 e. The standard InChI is InChI=1S/C19H20ClFN2O6S/c1-11(2)23-30(26,27)17-8-12(4-7-16(17)28-3)19(25)29-10-18(24)22-13-5-6-15(21)14(20)9-13/h4-9,11,23H,10H2,1-3H3,(H,22,24). The zero-order valence-corrected chi connectivity index (χ0v) is 17.9. The normalized spacial score (nSPS) is 11.3. The van der Waals surface area contributed by atoms with Crippen molar-refractivity contribution in [3.63, 3.8) is 0 Å². The quantitative estimate of drug-likeness (QED) is 0.588. The van der Waals surface area contributed by atoms with E-state index < -0.39 is 34.3 Å². The van der Waals surface area contributed by atoms with Crippen molar-refractivity contribution >= 4 is 39.2 Å². The lowest BCUT2D eigenvalue weighted by molar-refractivity contribution is -0.119. The molecule has 2 aromatic rings. The van der Waals surface area contributed by atoms with Gasteiger partial charge in [-0.3, -0.25) is 4.79 Å². The summed E-state index contributed by atoms with van der Waals surface area (Å²) in [5, 5.41) is 2.22. The molecular formula is C19H20ClFN2O6S. The van der Waals surface area contributed by atoms with E-state index >= 15 is 0 Å². The van der Waals surface area contributed by atoms with Gasteiger partial charge in [-0.05, 0) is 50.2 Å². The van der Waals surface area contributed by atoms with Crippen LogP contribution in [0, 0.1) is 5.82 Å². The highest BCUT2D eigenvalue weighted by atomic mass is 35.5. The summed E-state index contributed by atoms with van der Waals surface area (Å²) >= 11 is 5.64. The summed E-state index contributed by atoms with van der Waals surface area (Å²) in [7, 11) is -2.64. The molecule has 1 amide bonds. The Labute approximate surface area is 178 Å². The van der Waals surface area contributed by atoms with Gasteiger partial charge in [0, 0.05) is 11.7 Å². The molecule has 0 aliphatic carbocycles. The van der Waals surface area contributed by atoms with Gasteiger partial charge >= 0.3 is 5.97 Å². The smallest absolute Gasteiger partial charge is 0.338 e. The van der Waals surface area contributed by atoms with Crippen LogP contribution in [0.2, 0.25) is 5.02 Å². The molecule has 0 unspecified atom stereocenters. The number of ether oxygens (including phenoxy) is 2. The number of sulfonamides is 1. The summed E-state index contributed by atoms with van der Waals surface area (Å²) in [6, 6.07) is 6.93. The maximum Gasteiger partial charge on any atom is 0.338 e. The van der Waals surface area contributed by atoms with Crippen LogP contribution in [0.3, 0.4) is 0 Å². The zero-order valence-electron chi connectivity index (χ0n) is 16.4. The predicted molar refractivity (Wildman–Crippen MR) is 109 cm³/mol. The maximum atomic E-state index is 13.1. The average molecular weight is 459 g/mol. The molecule has 2 aromatic carbocycles. The van der Waals surface area contributed by atoms with Crippen LogP contribution in [0.5, 0.6) is 5.75 Å². The lowest BCUT2D eigenvalue weighted by Crippen LogP contribution is -2.30. The van der Waals surface area contributed by atoms with Crippen LogP contribution in [-0.2, 0) is 19.6 Å². The van der Waals surface area contributed by atoms with Crippen LogP contribution in [-0.4, -0.2) is 40.1 Å². The SMILES string of the molecule is COc1ccc(C(=O)OCC(=O)Nc2ccc(F)c(Cl)c2)cc1S(=O)(=O)NC(C)C. The van der Waals surface area contributed by atoms with E-state index in [9.17, 15) is 22.4 Å². The van der Waals surface area contributed by atoms with Gasteiger partial charge in [-0.25, -0.2) is 22.3 Å². The Kier molecular flexibility index (Phi) is 7.77. The Bertz CT molecular complexity index is 1060. The Hall–Kier alpha value is -2.69. The van der Waals surface area contributed by atoms with Crippen LogP contribution < -0.4 is 14.8 Å². The molecule has 0 fully saturated rings. The fourth-order valence-corrected chi connectivity index (χ4v) is 4.00. The van der Waals surface area contributed by atoms with E-state index in [-0.39, 0.29) is 33.0 Å². The zero-order chi connectivity index (χ0) is 22.5. The lowest BCUT2D eigenvalue weighted by Gasteiger charge is -2.14. The molecule has 2 rings (SSSR count). The van der Waals surface area contributed by atoms with Gasteiger partial charge in [-0.15, -0.1) is 0 Å². The van der Waals surface area contributed by atoms with Crippen LogP contribution >= 0.6 is 11.6 Å². The lowest BCUT2D eigenvalue weighted by atomic mass is 10.2. The van der Waals surface area contributed by atoms with E-state index in [1.54, 1.807) is 13.8 Å². The number of benzene rings is 2. The van der Waals surface area contributed by atoms with E-state index in [1.807, 2.05) is 0 Å². The Balaban J connectivity index is 2.10. The minimum atomic E-state index is -3.94. The molecule has 0 aliphatic heterocycles. The highest BCUT2D eigenvalue weighted by Gasteiger charge is 2.23. The van der Waals surface area contributed by atoms with Gasteiger partial charge in [0.15, 0.2) is 6.61 Å². The maximum absolute atomic E-state index is 13.1. The minimum absolute atomic E-state index is 0.0469. The van der Waals surface area contributed by atoms with Crippen LogP contribution in [0.25, 0.3) is 0 Å². The van der Waals surface area contributed by atoms with Crippen LogP contribution in [0.4, 0.5) is 10.1 Å². The number of rotatable bonds is 8. The van der Waals surface area contributed by atoms with Gasteiger partial charge in [0.05, 0.1) is 17.7 Å². The van der Waals surface area contributed by atoms with Crippen molar-refractivity contribution in [1.82, 2.24) is 4.72 Å². The first-order valence-electron chi connectivity index (χ1n) is 8.66. The molecule has 8 nitrogen and oxygen atoms in total. The molecule has 0 spiro atoms. The van der Waals surface area contributed by atoms with Crippen molar-refractivity contribution < 1.29 is 31.9 Å². The number of anilines is 1. The van der Waals surface area contributed by atoms with Gasteiger partial charge in [0.25, 0.3) is 5.91 Å². The number of halogens is 2. The van der Waals surface area contributed by atoms with Gasteiger partial charge in [-0.1, -0.05) is 11.6 Å². The first-order valence-corrected chi connectivity index (χ1v) is 10.5. The number of amides is 1. The predicted octanol–water partition coefficient (Wildman–Crippen LogP) is 2.97. The fraction of sp³-hybridized carbons (Fsp3) is 0.263. The van der Waals surface area contributed by atoms with Gasteiger partial charge in [-0.2, -0.15) is 0 Å². The molecular weight excluding hydrogens is 439 g/mol. The van der Waals surface area contributed by atoms with Crippen molar-refractivity contribution in [2.75, 3.05) is 19.0 Å². The van der Waals surface area contributed by atoms with E-state index in [0.717, 1.165) is 12.1 Å². The van der Waals surface area contributed by atoms with Gasteiger partial charge in [0.1, 0.15) is 16.5 Å². The van der Waals surface area contributed by atoms with Crippen molar-refractivity contribution in [2.45, 2.75) is 24.8 Å². The van der Waals surface area contributed by atoms with E-state index in [1.165, 1.54) is 31.4 Å². The summed E-state index contributed by atoms with van der Waals surface area (Å²) in [6.45, 7) is 2.65. The van der Waals surface area contributed by atoms with Crippen LogP contribution in [0.1, 0.15) is 24.2 Å². The number of methoxy groups -OCH3 is 1. The third-order valence-electron chi connectivity index (χ3n) is 3.62. The molecule has 0 aromatic heterocycles. The monoisotopic (exact) mass is 458 g/mol. The first-order chi connectivity index (χ1) is 14.0. The number of carbonyl (C=O) groups excluding carboxylic acids is 2. The highest BCUT2D eigenvalue weighted by Crippen LogP contribution is 2.25. The molecule has 0 aliphatic rings. The number of esters is 1. The van der Waals surface area contributed by atoms with E-state index in [0.29, 0.717) is 0 Å². The second-order valence-electron chi connectivity index (χ2n) is 6.39. The second kappa shape index (κ2) is 9.88. The van der Waals surface area contributed by atoms with Crippen LogP contribution in [0.15, 0.2) is 41.3 Å². The van der Waals surface area contributed by atoms with E-state index in [4.69, 9.17) is 21.1 Å². The third-order valence-corrected chi connectivity index (χ3v) is 5.59. The number of nitrogens with one attached hydrogen (secondary N) is 2. The Morgan fingerprint density at radius 1 is 1.17 bits per heavy atom. The number of hydrogen-bond donors (Lipinski definition) is 2. The molecule has 0 saturated carbocycles. The molecule has 0 radical (unpaired) electrons. The summed E-state index contributed by atoms with van der Waals surface area (Å²) < 4.78 is 50.5. The summed E-state index contributed by atoms with van der Waals surface area (Å²) in [5.41, 5.74) is 0.137. The summed E-state index contributed by atoms with van der Waals surface area (Å²) in [4.78, 5) is 24.0. The second-order valence-corrected chi connectivity index (χ2v) is 8.48. The Morgan fingerprint density at radius 3 is 2.47 bits per heavy atom. The fourth-order valence-electron chi connectivity index (χ4n) is 2.37. The Morgan fingerprint density at radius 2 is 1.87 bits per heavy atom. The average Bonchev–Trinajstić information content (AvgIpc) is 2.67. The highest BCUT2D eigenvalue weighted by molar-refractivity contribution is 7.89. The molecule has 2 N–H and O–H groups in total.